The summed E-state index contributed by atoms with van der Waals surface area (Å²) in [5.41, 5.74) is 0.946. The quantitative estimate of drug-likeness (QED) is 0.844. The molecule has 4 heteroatoms. The van der Waals surface area contributed by atoms with Gasteiger partial charge in [-0.15, -0.1) is 0 Å². The number of furan rings is 1. The van der Waals surface area contributed by atoms with Gasteiger partial charge >= 0.3 is 5.97 Å². The Kier molecular flexibility index (Phi) is 3.52. The molecule has 1 aliphatic carbocycles. The highest BCUT2D eigenvalue weighted by Crippen LogP contribution is 2.25. The maximum atomic E-state index is 10.8. The number of aryl methyl sites for hydroxylation is 1. The van der Waals surface area contributed by atoms with Crippen LogP contribution < -0.4 is 5.32 Å². The second kappa shape index (κ2) is 4.92. The molecule has 0 bridgehead atoms. The molecule has 2 N–H and O–H groups in total. The molecule has 2 unspecified atom stereocenters. The van der Waals surface area contributed by atoms with Crippen LogP contribution in [-0.2, 0) is 6.54 Å². The second-order valence-corrected chi connectivity index (χ2v) is 4.99. The normalized spacial score (nSPS) is 24.1. The lowest BCUT2D eigenvalue weighted by Gasteiger charge is -2.11. The van der Waals surface area contributed by atoms with E-state index in [-0.39, 0.29) is 5.76 Å². The SMILES string of the molecule is Cc1oc(C(=O)O)cc1CNC1CCC(C)C1. The van der Waals surface area contributed by atoms with E-state index in [0.29, 0.717) is 18.3 Å². The van der Waals surface area contributed by atoms with Crippen LogP contribution in [0.25, 0.3) is 0 Å². The number of carboxylic acids is 1. The Labute approximate surface area is 101 Å². The zero-order valence-electron chi connectivity index (χ0n) is 10.3. The van der Waals surface area contributed by atoms with Crippen molar-refractivity contribution in [1.29, 1.82) is 0 Å². The number of carboxylic acid groups (broad SMARTS) is 1. The van der Waals surface area contributed by atoms with E-state index in [1.165, 1.54) is 19.3 Å². The van der Waals surface area contributed by atoms with Gasteiger partial charge in [0.05, 0.1) is 0 Å². The van der Waals surface area contributed by atoms with Gasteiger partial charge in [0.2, 0.25) is 5.76 Å². The fourth-order valence-electron chi connectivity index (χ4n) is 2.45. The van der Waals surface area contributed by atoms with Gasteiger partial charge in [0.25, 0.3) is 0 Å². The zero-order chi connectivity index (χ0) is 12.4. The van der Waals surface area contributed by atoms with Gasteiger partial charge in [-0.3, -0.25) is 0 Å². The number of rotatable bonds is 4. The van der Waals surface area contributed by atoms with Crippen molar-refractivity contribution in [2.45, 2.75) is 45.7 Å². The Morgan fingerprint density at radius 2 is 2.35 bits per heavy atom. The number of hydrogen-bond acceptors (Lipinski definition) is 3. The highest BCUT2D eigenvalue weighted by molar-refractivity contribution is 5.84. The van der Waals surface area contributed by atoms with Gasteiger partial charge in [0.1, 0.15) is 5.76 Å². The molecular formula is C13H19NO3. The van der Waals surface area contributed by atoms with E-state index >= 15 is 0 Å². The van der Waals surface area contributed by atoms with Gasteiger partial charge in [0.15, 0.2) is 0 Å². The molecule has 0 radical (unpaired) electrons. The van der Waals surface area contributed by atoms with Gasteiger partial charge in [-0.1, -0.05) is 6.92 Å². The third-order valence-electron chi connectivity index (χ3n) is 3.51. The van der Waals surface area contributed by atoms with Crippen LogP contribution in [0.5, 0.6) is 0 Å². The smallest absolute Gasteiger partial charge is 0.371 e. The first-order chi connectivity index (χ1) is 8.06. The van der Waals surface area contributed by atoms with Gasteiger partial charge in [-0.25, -0.2) is 4.79 Å². The molecule has 1 aromatic rings. The molecule has 0 aromatic carbocycles. The molecule has 0 aliphatic heterocycles. The van der Waals surface area contributed by atoms with E-state index in [1.807, 2.05) is 0 Å². The summed E-state index contributed by atoms with van der Waals surface area (Å²) in [6, 6.07) is 2.18. The minimum Gasteiger partial charge on any atom is -0.475 e. The molecule has 2 atom stereocenters. The van der Waals surface area contributed by atoms with Gasteiger partial charge in [-0.2, -0.15) is 0 Å². The fraction of sp³-hybridized carbons (Fsp3) is 0.615. The molecule has 1 aliphatic rings. The zero-order valence-corrected chi connectivity index (χ0v) is 10.3. The Hall–Kier alpha value is -1.29. The Morgan fingerprint density at radius 3 is 2.88 bits per heavy atom. The molecule has 1 aromatic heterocycles. The summed E-state index contributed by atoms with van der Waals surface area (Å²) in [6.45, 7) is 4.77. The van der Waals surface area contributed by atoms with Gasteiger partial charge in [-0.05, 0) is 38.2 Å². The van der Waals surface area contributed by atoms with Crippen LogP contribution in [-0.4, -0.2) is 17.1 Å². The Balaban J connectivity index is 1.92. The van der Waals surface area contributed by atoms with E-state index in [0.717, 1.165) is 11.5 Å². The number of nitrogens with one attached hydrogen (secondary N) is 1. The highest BCUT2D eigenvalue weighted by Gasteiger charge is 2.21. The minimum atomic E-state index is -1.01. The predicted octanol–water partition coefficient (Wildman–Crippen LogP) is 2.56. The van der Waals surface area contributed by atoms with Crippen LogP contribution in [0, 0.1) is 12.8 Å². The lowest BCUT2D eigenvalue weighted by Crippen LogP contribution is -2.25. The summed E-state index contributed by atoms with van der Waals surface area (Å²) in [6.07, 6.45) is 3.70. The fourth-order valence-corrected chi connectivity index (χ4v) is 2.45. The van der Waals surface area contributed by atoms with Crippen LogP contribution in [0.15, 0.2) is 10.5 Å². The largest absolute Gasteiger partial charge is 0.475 e. The van der Waals surface area contributed by atoms with Crippen LogP contribution in [0.3, 0.4) is 0 Å². The summed E-state index contributed by atoms with van der Waals surface area (Å²) in [4.78, 5) is 10.8. The average Bonchev–Trinajstić information content (AvgIpc) is 2.82. The average molecular weight is 237 g/mol. The topological polar surface area (TPSA) is 62.5 Å². The highest BCUT2D eigenvalue weighted by atomic mass is 16.4. The minimum absolute atomic E-state index is 0.0269. The molecule has 1 heterocycles. The summed E-state index contributed by atoms with van der Waals surface area (Å²) < 4.78 is 5.17. The van der Waals surface area contributed by atoms with E-state index in [2.05, 4.69) is 12.2 Å². The van der Waals surface area contributed by atoms with Crippen molar-refractivity contribution in [1.82, 2.24) is 5.32 Å². The maximum absolute atomic E-state index is 10.8. The van der Waals surface area contributed by atoms with E-state index < -0.39 is 5.97 Å². The first-order valence-electron chi connectivity index (χ1n) is 6.12. The molecule has 1 fully saturated rings. The molecule has 94 valence electrons. The van der Waals surface area contributed by atoms with Crippen LogP contribution in [0.2, 0.25) is 0 Å². The van der Waals surface area contributed by atoms with Crippen molar-refractivity contribution in [2.75, 3.05) is 0 Å². The maximum Gasteiger partial charge on any atom is 0.371 e. The summed E-state index contributed by atoms with van der Waals surface area (Å²) in [5.74, 6) is 0.515. The first-order valence-corrected chi connectivity index (χ1v) is 6.12. The summed E-state index contributed by atoms with van der Waals surface area (Å²) in [5, 5.41) is 12.3. The van der Waals surface area contributed by atoms with Crippen molar-refractivity contribution in [3.05, 3.63) is 23.2 Å². The van der Waals surface area contributed by atoms with Crippen molar-refractivity contribution in [3.8, 4) is 0 Å². The summed E-state index contributed by atoms with van der Waals surface area (Å²) in [7, 11) is 0. The first kappa shape index (κ1) is 12.2. The van der Waals surface area contributed by atoms with Crippen molar-refractivity contribution >= 4 is 5.97 Å². The molecule has 1 saturated carbocycles. The van der Waals surface area contributed by atoms with Gasteiger partial charge in [0, 0.05) is 18.2 Å². The lowest BCUT2D eigenvalue weighted by atomic mass is 10.1. The molecular weight excluding hydrogens is 218 g/mol. The standard InChI is InChI=1S/C13H19NO3/c1-8-3-4-11(5-8)14-7-10-6-12(13(15)16)17-9(10)2/h6,8,11,14H,3-5,7H2,1-2H3,(H,15,16). The second-order valence-electron chi connectivity index (χ2n) is 4.99. The third kappa shape index (κ3) is 2.88. The monoisotopic (exact) mass is 237 g/mol. The van der Waals surface area contributed by atoms with Crippen LogP contribution >= 0.6 is 0 Å². The molecule has 0 amide bonds. The Bertz CT molecular complexity index is 411. The number of aromatic carboxylic acids is 1. The number of hydrogen-bond donors (Lipinski definition) is 2. The van der Waals surface area contributed by atoms with E-state index in [1.54, 1.807) is 13.0 Å². The Morgan fingerprint density at radius 1 is 1.59 bits per heavy atom. The number of carbonyl (C=O) groups is 1. The van der Waals surface area contributed by atoms with Gasteiger partial charge < -0.3 is 14.8 Å². The van der Waals surface area contributed by atoms with Crippen molar-refractivity contribution in [3.63, 3.8) is 0 Å². The lowest BCUT2D eigenvalue weighted by molar-refractivity contribution is 0.0661. The van der Waals surface area contributed by atoms with Crippen LogP contribution in [0.1, 0.15) is 48.1 Å². The molecule has 2 rings (SSSR count). The van der Waals surface area contributed by atoms with E-state index in [9.17, 15) is 4.79 Å². The molecule has 4 nitrogen and oxygen atoms in total. The molecule has 17 heavy (non-hydrogen) atoms. The van der Waals surface area contributed by atoms with Crippen LogP contribution in [0.4, 0.5) is 0 Å². The van der Waals surface area contributed by atoms with Crippen molar-refractivity contribution < 1.29 is 14.3 Å². The third-order valence-corrected chi connectivity index (χ3v) is 3.51. The predicted molar refractivity (Wildman–Crippen MR) is 64.0 cm³/mol. The molecule has 0 spiro atoms. The molecule has 0 saturated heterocycles. The van der Waals surface area contributed by atoms with Crippen molar-refractivity contribution in [2.24, 2.45) is 5.92 Å². The van der Waals surface area contributed by atoms with E-state index in [4.69, 9.17) is 9.52 Å². The summed E-state index contributed by atoms with van der Waals surface area (Å²) >= 11 is 0.